The minimum atomic E-state index is 0.922. The molecule has 3 heteroatoms. The van der Waals surface area contributed by atoms with Crippen LogP contribution in [0.2, 0.25) is 0 Å². The van der Waals surface area contributed by atoms with Gasteiger partial charge in [0.25, 0.3) is 0 Å². The molecule has 10 rings (SSSR count). The number of fused-ring (bicyclic) bond motifs is 10. The Morgan fingerprint density at radius 3 is 1.93 bits per heavy atom. The van der Waals surface area contributed by atoms with E-state index in [0.717, 1.165) is 71.6 Å². The van der Waals surface area contributed by atoms with Crippen LogP contribution in [0, 0.1) is 0 Å². The van der Waals surface area contributed by atoms with Gasteiger partial charge in [-0.25, -0.2) is 9.97 Å². The second-order valence-electron chi connectivity index (χ2n) is 11.4. The van der Waals surface area contributed by atoms with Crippen LogP contribution in [-0.2, 0) is 0 Å². The van der Waals surface area contributed by atoms with E-state index in [4.69, 9.17) is 14.4 Å². The molecule has 0 N–H and O–H groups in total. The summed E-state index contributed by atoms with van der Waals surface area (Å²) in [5, 5.41) is 6.90. The van der Waals surface area contributed by atoms with Crippen molar-refractivity contribution in [3.05, 3.63) is 133 Å². The van der Waals surface area contributed by atoms with Gasteiger partial charge in [-0.05, 0) is 52.6 Å². The summed E-state index contributed by atoms with van der Waals surface area (Å²) < 4.78 is 6.39. The normalized spacial score (nSPS) is 12.2. The maximum atomic E-state index is 6.39. The number of hydrogen-bond acceptors (Lipinski definition) is 3. The van der Waals surface area contributed by atoms with Crippen LogP contribution in [0.5, 0.6) is 0 Å². The molecular weight excluding hydrogens is 524 g/mol. The van der Waals surface area contributed by atoms with E-state index in [0.29, 0.717) is 0 Å². The highest BCUT2D eigenvalue weighted by atomic mass is 16.3. The summed E-state index contributed by atoms with van der Waals surface area (Å²) in [5.41, 5.74) is 12.8. The molecule has 43 heavy (non-hydrogen) atoms. The van der Waals surface area contributed by atoms with Crippen LogP contribution >= 0.6 is 0 Å². The third-order valence-corrected chi connectivity index (χ3v) is 8.99. The van der Waals surface area contributed by atoms with Gasteiger partial charge in [-0.1, -0.05) is 103 Å². The number of aromatic nitrogens is 2. The van der Waals surface area contributed by atoms with Crippen molar-refractivity contribution < 1.29 is 4.42 Å². The van der Waals surface area contributed by atoms with Crippen molar-refractivity contribution in [1.29, 1.82) is 0 Å². The lowest BCUT2D eigenvalue weighted by molar-refractivity contribution is 0.672. The van der Waals surface area contributed by atoms with E-state index in [2.05, 4.69) is 109 Å². The molecule has 0 atom stereocenters. The number of nitrogens with zero attached hydrogens (tertiary/aromatic N) is 2. The standard InChI is InChI=1S/C40H22N2O/c1-2-7-23(8-3-1)34-19-16-24-13-14-25-17-20-35(42-39(25)38(24)41-34)26-15-18-27-29-10-6-11-30-37(29)32(31(27)21-26)22-33-28-9-4-5-12-36(28)43-40(30)33/h1-22H. The van der Waals surface area contributed by atoms with Crippen LogP contribution in [0.4, 0.5) is 0 Å². The highest BCUT2D eigenvalue weighted by Crippen LogP contribution is 2.51. The van der Waals surface area contributed by atoms with Crippen molar-refractivity contribution in [2.75, 3.05) is 0 Å². The summed E-state index contributed by atoms with van der Waals surface area (Å²) >= 11 is 0. The zero-order valence-corrected chi connectivity index (χ0v) is 23.0. The van der Waals surface area contributed by atoms with Crippen molar-refractivity contribution in [2.24, 2.45) is 0 Å². The molecule has 0 saturated heterocycles. The fourth-order valence-corrected chi connectivity index (χ4v) is 6.95. The molecule has 0 amide bonds. The number of para-hydroxylation sites is 1. The number of pyridine rings is 2. The molecule has 3 aromatic heterocycles. The second-order valence-corrected chi connectivity index (χ2v) is 11.4. The van der Waals surface area contributed by atoms with Gasteiger partial charge in [0.1, 0.15) is 11.2 Å². The van der Waals surface area contributed by atoms with Gasteiger partial charge in [0.2, 0.25) is 0 Å². The van der Waals surface area contributed by atoms with Gasteiger partial charge < -0.3 is 4.42 Å². The summed E-state index contributed by atoms with van der Waals surface area (Å²) in [7, 11) is 0. The van der Waals surface area contributed by atoms with Gasteiger partial charge in [0.15, 0.2) is 0 Å². The molecule has 1 aliphatic rings. The maximum absolute atomic E-state index is 6.39. The van der Waals surface area contributed by atoms with Gasteiger partial charge >= 0.3 is 0 Å². The van der Waals surface area contributed by atoms with Crippen molar-refractivity contribution >= 4 is 54.5 Å². The van der Waals surface area contributed by atoms with E-state index >= 15 is 0 Å². The Hall–Kier alpha value is -5.80. The van der Waals surface area contributed by atoms with Gasteiger partial charge in [0, 0.05) is 43.4 Å². The average Bonchev–Trinajstić information content (AvgIpc) is 3.61. The Bertz CT molecular complexity index is 2610. The van der Waals surface area contributed by atoms with Crippen LogP contribution in [0.3, 0.4) is 0 Å². The van der Waals surface area contributed by atoms with E-state index in [1.165, 1.54) is 27.6 Å². The summed E-state index contributed by atoms with van der Waals surface area (Å²) in [4.78, 5) is 10.3. The van der Waals surface area contributed by atoms with Gasteiger partial charge in [0.05, 0.1) is 22.4 Å². The van der Waals surface area contributed by atoms with E-state index in [-0.39, 0.29) is 0 Å². The molecule has 198 valence electrons. The summed E-state index contributed by atoms with van der Waals surface area (Å²) in [6.07, 6.45) is 0. The van der Waals surface area contributed by atoms with Gasteiger partial charge in [-0.15, -0.1) is 0 Å². The average molecular weight is 547 g/mol. The van der Waals surface area contributed by atoms with E-state index in [1.807, 2.05) is 24.3 Å². The van der Waals surface area contributed by atoms with Crippen LogP contribution in [0.25, 0.3) is 99.3 Å². The fourth-order valence-electron chi connectivity index (χ4n) is 6.95. The Balaban J connectivity index is 1.18. The summed E-state index contributed by atoms with van der Waals surface area (Å²) in [5.74, 6) is 0. The van der Waals surface area contributed by atoms with Crippen molar-refractivity contribution in [2.45, 2.75) is 0 Å². The van der Waals surface area contributed by atoms with Crippen LogP contribution < -0.4 is 0 Å². The van der Waals surface area contributed by atoms with Crippen LogP contribution in [0.1, 0.15) is 0 Å². The lowest BCUT2D eigenvalue weighted by Crippen LogP contribution is -1.91. The molecule has 1 aliphatic carbocycles. The lowest BCUT2D eigenvalue weighted by atomic mass is 9.98. The first-order valence-corrected chi connectivity index (χ1v) is 14.6. The van der Waals surface area contributed by atoms with Crippen molar-refractivity contribution in [1.82, 2.24) is 9.97 Å². The minimum absolute atomic E-state index is 0.922. The molecule has 0 bridgehead atoms. The van der Waals surface area contributed by atoms with Crippen molar-refractivity contribution in [3.63, 3.8) is 0 Å². The lowest BCUT2D eigenvalue weighted by Gasteiger charge is -2.10. The zero-order chi connectivity index (χ0) is 28.1. The van der Waals surface area contributed by atoms with Crippen molar-refractivity contribution in [3.8, 4) is 44.8 Å². The summed E-state index contributed by atoms with van der Waals surface area (Å²) in [6.45, 7) is 0. The largest absolute Gasteiger partial charge is 0.455 e. The molecule has 9 aromatic rings. The molecular formula is C40H22N2O. The Morgan fingerprint density at radius 2 is 1.12 bits per heavy atom. The smallest absolute Gasteiger partial charge is 0.143 e. The predicted molar refractivity (Wildman–Crippen MR) is 177 cm³/mol. The molecule has 0 aliphatic heterocycles. The maximum Gasteiger partial charge on any atom is 0.143 e. The highest BCUT2D eigenvalue weighted by molar-refractivity contribution is 6.26. The van der Waals surface area contributed by atoms with Crippen LogP contribution in [-0.4, -0.2) is 9.97 Å². The van der Waals surface area contributed by atoms with E-state index < -0.39 is 0 Å². The SMILES string of the molecule is c1ccc(-c2ccc3ccc4ccc(-c5ccc6c(c5)-c5cc7c8ccccc8oc7c7cccc-6c57)nc4c3n2)cc1. The number of hydrogen-bond donors (Lipinski definition) is 0. The van der Waals surface area contributed by atoms with E-state index in [1.54, 1.807) is 0 Å². The molecule has 0 spiro atoms. The molecule has 3 nitrogen and oxygen atoms in total. The first-order valence-electron chi connectivity index (χ1n) is 14.6. The number of benzene rings is 6. The molecule has 0 radical (unpaired) electrons. The third kappa shape index (κ3) is 3.19. The molecule has 0 saturated carbocycles. The first kappa shape index (κ1) is 22.8. The Kier molecular flexibility index (Phi) is 4.45. The van der Waals surface area contributed by atoms with Gasteiger partial charge in [-0.3, -0.25) is 0 Å². The van der Waals surface area contributed by atoms with Crippen LogP contribution in [0.15, 0.2) is 138 Å². The Labute approximate surface area is 246 Å². The Morgan fingerprint density at radius 1 is 0.419 bits per heavy atom. The summed E-state index contributed by atoms with van der Waals surface area (Å²) in [6, 6.07) is 47.1. The number of rotatable bonds is 2. The predicted octanol–water partition coefficient (Wildman–Crippen LogP) is 10.8. The molecule has 3 heterocycles. The van der Waals surface area contributed by atoms with E-state index in [9.17, 15) is 0 Å². The molecule has 0 fully saturated rings. The third-order valence-electron chi connectivity index (χ3n) is 8.99. The topological polar surface area (TPSA) is 38.9 Å². The second kappa shape index (κ2) is 8.37. The first-order chi connectivity index (χ1) is 21.3. The molecule has 0 unspecified atom stereocenters. The van der Waals surface area contributed by atoms with Gasteiger partial charge in [-0.2, -0.15) is 0 Å². The minimum Gasteiger partial charge on any atom is -0.455 e. The number of furan rings is 1. The zero-order valence-electron chi connectivity index (χ0n) is 23.0. The fraction of sp³-hybridized carbons (Fsp3) is 0. The quantitative estimate of drug-likeness (QED) is 0.202. The molecule has 6 aromatic carbocycles. The monoisotopic (exact) mass is 546 g/mol. The highest BCUT2D eigenvalue weighted by Gasteiger charge is 2.25.